The van der Waals surface area contributed by atoms with Crippen molar-refractivity contribution in [2.45, 2.75) is 104 Å². The zero-order valence-corrected chi connectivity index (χ0v) is 19.4. The van der Waals surface area contributed by atoms with Gasteiger partial charge in [0.15, 0.2) is 0 Å². The first-order valence-corrected chi connectivity index (χ1v) is 13.2. The van der Waals surface area contributed by atoms with Gasteiger partial charge in [0.2, 0.25) is 0 Å². The Labute approximate surface area is 150 Å². The van der Waals surface area contributed by atoms with Crippen LogP contribution >= 0.6 is 7.82 Å². The lowest BCUT2D eigenvalue weighted by Gasteiger charge is -2.48. The van der Waals surface area contributed by atoms with Crippen LogP contribution in [0.15, 0.2) is 0 Å². The first-order chi connectivity index (χ1) is 10.3. The van der Waals surface area contributed by atoms with Crippen LogP contribution in [0.4, 0.5) is 0 Å². The van der Waals surface area contributed by atoms with E-state index in [9.17, 15) is 9.46 Å². The molecule has 0 saturated carbocycles. The minimum Gasteiger partial charge on any atom is -0.379 e. The van der Waals surface area contributed by atoms with Gasteiger partial charge in [0, 0.05) is 6.61 Å². The van der Waals surface area contributed by atoms with Crippen LogP contribution in [0.1, 0.15) is 68.7 Å². The van der Waals surface area contributed by atoms with Gasteiger partial charge >= 0.3 is 7.82 Å². The Kier molecular flexibility index (Phi) is 7.98. The smallest absolute Gasteiger partial charge is 0.379 e. The monoisotopic (exact) mass is 382 g/mol. The molecule has 0 rings (SSSR count). The van der Waals surface area contributed by atoms with Crippen molar-refractivity contribution in [3.8, 4) is 0 Å². The zero-order chi connectivity index (χ0) is 19.6. The van der Waals surface area contributed by atoms with Crippen molar-refractivity contribution in [1.82, 2.24) is 0 Å². The lowest BCUT2D eigenvalue weighted by atomic mass is 10.1. The molecule has 0 fully saturated rings. The second-order valence-electron chi connectivity index (χ2n) is 9.46. The Bertz CT molecular complexity index is 452. The number of phosphoric ester groups is 1. The summed E-state index contributed by atoms with van der Waals surface area (Å²) in [6, 6.07) is 0. The normalized spacial score (nSPS) is 17.2. The van der Waals surface area contributed by atoms with Crippen LogP contribution in [0.2, 0.25) is 18.1 Å². The molecular weight excluding hydrogens is 343 g/mol. The van der Waals surface area contributed by atoms with Crippen molar-refractivity contribution in [3.05, 3.63) is 0 Å². The van der Waals surface area contributed by atoms with Crippen molar-refractivity contribution in [2.75, 3.05) is 6.61 Å². The molecule has 0 aliphatic heterocycles. The fourth-order valence-electron chi connectivity index (χ4n) is 2.28. The topological polar surface area (TPSA) is 65.0 Å². The van der Waals surface area contributed by atoms with Crippen molar-refractivity contribution < 1.29 is 23.2 Å². The Morgan fingerprint density at radius 2 is 1.50 bits per heavy atom. The number of phosphoric acid groups is 1. The molecule has 146 valence electrons. The maximum Gasteiger partial charge on any atom is 0.472 e. The first-order valence-electron chi connectivity index (χ1n) is 8.69. The van der Waals surface area contributed by atoms with Crippen LogP contribution in [-0.4, -0.2) is 36.5 Å². The van der Waals surface area contributed by atoms with Gasteiger partial charge in [0.05, 0.1) is 25.0 Å². The Hall–Kier alpha value is 0.287. The molecule has 1 N–H and O–H groups in total. The first kappa shape index (κ1) is 24.3. The summed E-state index contributed by atoms with van der Waals surface area (Å²) >= 11 is 0. The van der Waals surface area contributed by atoms with E-state index >= 15 is 0 Å². The van der Waals surface area contributed by atoms with Gasteiger partial charge in [-0.25, -0.2) is 4.57 Å². The minimum absolute atomic E-state index is 0.210. The summed E-state index contributed by atoms with van der Waals surface area (Å²) in [6.07, 6.45) is 0.141. The van der Waals surface area contributed by atoms with Crippen molar-refractivity contribution in [3.63, 3.8) is 0 Å². The van der Waals surface area contributed by atoms with Crippen LogP contribution in [0, 0.1) is 0 Å². The second kappa shape index (κ2) is 7.89. The largest absolute Gasteiger partial charge is 0.472 e. The van der Waals surface area contributed by atoms with E-state index in [0.29, 0.717) is 13.0 Å². The lowest BCUT2D eigenvalue weighted by molar-refractivity contribution is -0.0182. The van der Waals surface area contributed by atoms with Crippen LogP contribution in [0.25, 0.3) is 0 Å². The highest BCUT2D eigenvalue weighted by Crippen LogP contribution is 2.49. The van der Waals surface area contributed by atoms with Crippen LogP contribution in [0.3, 0.4) is 0 Å². The second-order valence-corrected chi connectivity index (χ2v) is 16.7. The summed E-state index contributed by atoms with van der Waals surface area (Å²) in [6.45, 7) is 23.2. The average Bonchev–Trinajstić information content (AvgIpc) is 2.21. The molecule has 0 aromatic heterocycles. The third kappa shape index (κ3) is 7.26. The summed E-state index contributed by atoms with van der Waals surface area (Å²) in [4.78, 5) is 9.79. The van der Waals surface area contributed by atoms with Gasteiger partial charge in [0.25, 0.3) is 0 Å². The number of hydrogen-bond acceptors (Lipinski definition) is 4. The molecule has 1 unspecified atom stereocenters. The van der Waals surface area contributed by atoms with Crippen molar-refractivity contribution >= 4 is 15.9 Å². The van der Waals surface area contributed by atoms with E-state index in [1.165, 1.54) is 0 Å². The quantitative estimate of drug-likeness (QED) is 0.419. The highest BCUT2D eigenvalue weighted by Gasteiger charge is 2.48. The van der Waals surface area contributed by atoms with E-state index < -0.39 is 21.5 Å². The Balaban J connectivity index is 4.77. The van der Waals surface area contributed by atoms with E-state index in [1.54, 1.807) is 27.7 Å². The molecule has 0 aliphatic carbocycles. The maximum atomic E-state index is 12.0. The SMILES string of the molecule is CC(C)OP(=O)(O)OC(C)(C)CCOC(C)(C)[Si](C)(C)C(C)(C)C. The van der Waals surface area contributed by atoms with E-state index in [0.717, 1.165) is 0 Å². The van der Waals surface area contributed by atoms with Gasteiger partial charge in [-0.3, -0.25) is 9.05 Å². The molecule has 0 aliphatic rings. The summed E-state index contributed by atoms with van der Waals surface area (Å²) in [7, 11) is -5.75. The Morgan fingerprint density at radius 1 is 1.04 bits per heavy atom. The highest BCUT2D eigenvalue weighted by molar-refractivity contribution is 7.47. The lowest BCUT2D eigenvalue weighted by Crippen LogP contribution is -2.58. The number of ether oxygens (including phenoxy) is 1. The molecule has 1 atom stereocenters. The molecule has 0 bridgehead atoms. The molecule has 0 heterocycles. The van der Waals surface area contributed by atoms with Gasteiger partial charge in [-0.2, -0.15) is 0 Å². The fraction of sp³-hybridized carbons (Fsp3) is 1.00. The molecule has 5 nitrogen and oxygen atoms in total. The molecule has 0 spiro atoms. The molecule has 24 heavy (non-hydrogen) atoms. The van der Waals surface area contributed by atoms with Gasteiger partial charge in [-0.1, -0.05) is 33.9 Å². The predicted octanol–water partition coefficient (Wildman–Crippen LogP) is 5.54. The third-order valence-electron chi connectivity index (χ3n) is 5.25. The fourth-order valence-corrected chi connectivity index (χ4v) is 5.84. The van der Waals surface area contributed by atoms with E-state index in [-0.39, 0.29) is 16.4 Å². The molecule has 0 saturated heterocycles. The van der Waals surface area contributed by atoms with Gasteiger partial charge in [-0.15, -0.1) is 0 Å². The molecule has 7 heteroatoms. The predicted molar refractivity (Wildman–Crippen MR) is 103 cm³/mol. The van der Waals surface area contributed by atoms with Crippen LogP contribution < -0.4 is 0 Å². The molecule has 0 aromatic carbocycles. The van der Waals surface area contributed by atoms with Crippen LogP contribution in [-0.2, 0) is 18.3 Å². The molecular formula is C17H39O5PSi. The summed E-state index contributed by atoms with van der Waals surface area (Å²) in [5.74, 6) is 0. The standard InChI is InChI=1S/C17H39O5PSi/c1-14(2)21-23(18,19)22-16(6,7)12-13-20-17(8,9)24(10,11)15(3,4)5/h14H,12-13H2,1-11H3,(H,18,19). The zero-order valence-electron chi connectivity index (χ0n) is 17.5. The minimum atomic E-state index is -4.06. The van der Waals surface area contributed by atoms with E-state index in [1.807, 2.05) is 0 Å². The van der Waals surface area contributed by atoms with Crippen LogP contribution in [0.5, 0.6) is 0 Å². The van der Waals surface area contributed by atoms with Gasteiger partial charge < -0.3 is 9.63 Å². The molecule has 0 radical (unpaired) electrons. The summed E-state index contributed by atoms with van der Waals surface area (Å²) in [5.41, 5.74) is -0.803. The van der Waals surface area contributed by atoms with E-state index in [2.05, 4.69) is 47.7 Å². The van der Waals surface area contributed by atoms with Gasteiger partial charge in [0.1, 0.15) is 0 Å². The maximum absolute atomic E-state index is 12.0. The van der Waals surface area contributed by atoms with Crippen molar-refractivity contribution in [2.24, 2.45) is 0 Å². The number of rotatable bonds is 9. The summed E-state index contributed by atoms with van der Waals surface area (Å²) in [5, 5.41) is 0.00704. The highest BCUT2D eigenvalue weighted by atomic mass is 31.2. The average molecular weight is 383 g/mol. The van der Waals surface area contributed by atoms with Crippen molar-refractivity contribution in [1.29, 1.82) is 0 Å². The number of hydrogen-bond donors (Lipinski definition) is 1. The molecule has 0 amide bonds. The third-order valence-corrected chi connectivity index (χ3v) is 13.6. The van der Waals surface area contributed by atoms with Gasteiger partial charge in [-0.05, 0) is 53.0 Å². The van der Waals surface area contributed by atoms with E-state index in [4.69, 9.17) is 13.8 Å². The molecule has 0 aromatic rings. The summed E-state index contributed by atoms with van der Waals surface area (Å²) < 4.78 is 28.5. The Morgan fingerprint density at radius 3 is 1.88 bits per heavy atom.